The monoisotopic (exact) mass is 334 g/mol. The fraction of sp³-hybridized carbons (Fsp3) is 0.588. The minimum Gasteiger partial charge on any atom is -0.338 e. The van der Waals surface area contributed by atoms with Crippen LogP contribution in [0, 0.1) is 5.92 Å². The standard InChI is InChI=1S/C17H22N2O3S/c20-17-10-16-15(18(17)11-13-6-7-13)8-9-19(16)23(21,22)12-14-4-2-1-3-5-14/h1-5,13,15-16H,6-12H2/t15-,16+/m0/s1. The van der Waals surface area contributed by atoms with Gasteiger partial charge in [0.05, 0.1) is 17.8 Å². The van der Waals surface area contributed by atoms with E-state index in [-0.39, 0.29) is 23.7 Å². The molecule has 2 aliphatic heterocycles. The molecule has 1 aromatic carbocycles. The molecule has 0 radical (unpaired) electrons. The Bertz CT molecular complexity index is 700. The fourth-order valence-electron chi connectivity index (χ4n) is 3.92. The fourth-order valence-corrected chi connectivity index (χ4v) is 5.71. The number of hydrogen-bond donors (Lipinski definition) is 0. The molecule has 3 aliphatic rings. The molecule has 0 bridgehead atoms. The molecule has 0 N–H and O–H groups in total. The lowest BCUT2D eigenvalue weighted by atomic mass is 10.1. The van der Waals surface area contributed by atoms with Crippen molar-refractivity contribution in [2.75, 3.05) is 13.1 Å². The molecule has 1 aromatic rings. The van der Waals surface area contributed by atoms with E-state index in [1.807, 2.05) is 35.2 Å². The van der Waals surface area contributed by atoms with Gasteiger partial charge >= 0.3 is 0 Å². The SMILES string of the molecule is O=C1C[C@@H]2[C@H](CCN2S(=O)(=O)Cc2ccccc2)N1CC1CC1. The second-order valence-electron chi connectivity index (χ2n) is 6.97. The number of sulfonamides is 1. The zero-order valence-electron chi connectivity index (χ0n) is 13.1. The summed E-state index contributed by atoms with van der Waals surface area (Å²) in [6.45, 7) is 1.37. The van der Waals surface area contributed by atoms with E-state index in [0.717, 1.165) is 18.5 Å². The normalized spacial score (nSPS) is 28.3. The summed E-state index contributed by atoms with van der Waals surface area (Å²) in [7, 11) is -3.37. The van der Waals surface area contributed by atoms with Crippen molar-refractivity contribution in [3.05, 3.63) is 35.9 Å². The highest BCUT2D eigenvalue weighted by Gasteiger charge is 2.51. The Hall–Kier alpha value is -1.40. The van der Waals surface area contributed by atoms with Gasteiger partial charge in [0.2, 0.25) is 15.9 Å². The van der Waals surface area contributed by atoms with Gasteiger partial charge in [0.25, 0.3) is 0 Å². The highest BCUT2D eigenvalue weighted by molar-refractivity contribution is 7.88. The lowest BCUT2D eigenvalue weighted by Crippen LogP contribution is -2.40. The average molecular weight is 334 g/mol. The van der Waals surface area contributed by atoms with E-state index >= 15 is 0 Å². The van der Waals surface area contributed by atoms with Crippen LogP contribution < -0.4 is 0 Å². The van der Waals surface area contributed by atoms with Gasteiger partial charge in [0.15, 0.2) is 0 Å². The number of fused-ring (bicyclic) bond motifs is 1. The summed E-state index contributed by atoms with van der Waals surface area (Å²) in [6.07, 6.45) is 3.54. The van der Waals surface area contributed by atoms with Gasteiger partial charge in [-0.25, -0.2) is 8.42 Å². The molecule has 0 spiro atoms. The number of hydrogen-bond acceptors (Lipinski definition) is 3. The molecule has 6 heteroatoms. The van der Waals surface area contributed by atoms with Crippen LogP contribution in [-0.2, 0) is 20.6 Å². The third-order valence-electron chi connectivity index (χ3n) is 5.26. The van der Waals surface area contributed by atoms with Crippen LogP contribution in [0.15, 0.2) is 30.3 Å². The number of benzene rings is 1. The third kappa shape index (κ3) is 2.90. The summed E-state index contributed by atoms with van der Waals surface area (Å²) in [5.74, 6) is 0.799. The summed E-state index contributed by atoms with van der Waals surface area (Å²) < 4.78 is 27.2. The Balaban J connectivity index is 1.51. The molecular formula is C17H22N2O3S. The molecule has 2 atom stereocenters. The van der Waals surface area contributed by atoms with E-state index in [1.54, 1.807) is 4.31 Å². The van der Waals surface area contributed by atoms with Crippen LogP contribution in [0.25, 0.3) is 0 Å². The lowest BCUT2D eigenvalue weighted by molar-refractivity contribution is -0.129. The zero-order valence-corrected chi connectivity index (χ0v) is 13.9. The van der Waals surface area contributed by atoms with E-state index < -0.39 is 10.0 Å². The molecule has 124 valence electrons. The molecular weight excluding hydrogens is 312 g/mol. The topological polar surface area (TPSA) is 57.7 Å². The second kappa shape index (κ2) is 5.60. The number of likely N-dealkylation sites (tertiary alicyclic amines) is 1. The first-order valence-electron chi connectivity index (χ1n) is 8.37. The van der Waals surface area contributed by atoms with Crippen LogP contribution in [0.4, 0.5) is 0 Å². The summed E-state index contributed by atoms with van der Waals surface area (Å²) in [5.41, 5.74) is 0.801. The van der Waals surface area contributed by atoms with Gasteiger partial charge in [0, 0.05) is 19.5 Å². The maximum atomic E-state index is 12.8. The van der Waals surface area contributed by atoms with Gasteiger partial charge in [-0.2, -0.15) is 4.31 Å². The number of amides is 1. The summed E-state index contributed by atoms with van der Waals surface area (Å²) in [6, 6.07) is 9.20. The first kappa shape index (κ1) is 15.1. The van der Waals surface area contributed by atoms with E-state index in [2.05, 4.69) is 0 Å². The zero-order chi connectivity index (χ0) is 16.0. The van der Waals surface area contributed by atoms with Gasteiger partial charge in [-0.05, 0) is 30.7 Å². The average Bonchev–Trinajstić information content (AvgIpc) is 3.16. The molecule has 23 heavy (non-hydrogen) atoms. The smallest absolute Gasteiger partial charge is 0.224 e. The number of nitrogens with zero attached hydrogens (tertiary/aromatic N) is 2. The Labute approximate surface area is 137 Å². The van der Waals surface area contributed by atoms with Crippen molar-refractivity contribution in [2.45, 2.75) is 43.5 Å². The summed E-state index contributed by atoms with van der Waals surface area (Å²) >= 11 is 0. The molecule has 1 saturated carbocycles. The Morgan fingerprint density at radius 3 is 2.48 bits per heavy atom. The molecule has 1 amide bonds. The van der Waals surface area contributed by atoms with Gasteiger partial charge in [-0.3, -0.25) is 4.79 Å². The van der Waals surface area contributed by atoms with Gasteiger partial charge in [0.1, 0.15) is 0 Å². The third-order valence-corrected chi connectivity index (χ3v) is 7.13. The maximum Gasteiger partial charge on any atom is 0.224 e. The quantitative estimate of drug-likeness (QED) is 0.822. The van der Waals surface area contributed by atoms with E-state index in [1.165, 1.54) is 12.8 Å². The van der Waals surface area contributed by atoms with Gasteiger partial charge in [-0.1, -0.05) is 30.3 Å². The van der Waals surface area contributed by atoms with Gasteiger partial charge < -0.3 is 4.90 Å². The molecule has 5 nitrogen and oxygen atoms in total. The van der Waals surface area contributed by atoms with Crippen LogP contribution in [-0.4, -0.2) is 48.7 Å². The molecule has 0 unspecified atom stereocenters. The molecule has 1 aliphatic carbocycles. The molecule has 4 rings (SSSR count). The number of rotatable bonds is 5. The molecule has 3 fully saturated rings. The van der Waals surface area contributed by atoms with E-state index in [9.17, 15) is 13.2 Å². The highest BCUT2D eigenvalue weighted by Crippen LogP contribution is 2.38. The largest absolute Gasteiger partial charge is 0.338 e. The first-order valence-corrected chi connectivity index (χ1v) is 9.98. The Kier molecular flexibility index (Phi) is 3.69. The van der Waals surface area contributed by atoms with Crippen molar-refractivity contribution in [3.8, 4) is 0 Å². The molecule has 2 heterocycles. The van der Waals surface area contributed by atoms with Crippen molar-refractivity contribution in [2.24, 2.45) is 5.92 Å². The van der Waals surface area contributed by atoms with Crippen LogP contribution in [0.5, 0.6) is 0 Å². The second-order valence-corrected chi connectivity index (χ2v) is 8.89. The summed E-state index contributed by atoms with van der Waals surface area (Å²) in [4.78, 5) is 14.2. The van der Waals surface area contributed by atoms with E-state index in [4.69, 9.17) is 0 Å². The predicted molar refractivity (Wildman–Crippen MR) is 87.0 cm³/mol. The molecule has 2 saturated heterocycles. The highest BCUT2D eigenvalue weighted by atomic mass is 32.2. The van der Waals surface area contributed by atoms with Crippen LogP contribution in [0.1, 0.15) is 31.2 Å². The predicted octanol–water partition coefficient (Wildman–Crippen LogP) is 1.60. The first-order chi connectivity index (χ1) is 11.0. The van der Waals surface area contributed by atoms with Crippen molar-refractivity contribution in [1.29, 1.82) is 0 Å². The Morgan fingerprint density at radius 1 is 1.04 bits per heavy atom. The minimum absolute atomic E-state index is 0.0217. The van der Waals surface area contributed by atoms with Crippen molar-refractivity contribution >= 4 is 15.9 Å². The van der Waals surface area contributed by atoms with Gasteiger partial charge in [-0.15, -0.1) is 0 Å². The van der Waals surface area contributed by atoms with Crippen molar-refractivity contribution in [1.82, 2.24) is 9.21 Å². The number of carbonyl (C=O) groups excluding carboxylic acids is 1. The lowest BCUT2D eigenvalue weighted by Gasteiger charge is -2.25. The maximum absolute atomic E-state index is 12.8. The van der Waals surface area contributed by atoms with Crippen LogP contribution in [0.3, 0.4) is 0 Å². The van der Waals surface area contributed by atoms with Crippen LogP contribution in [0.2, 0.25) is 0 Å². The molecule has 0 aromatic heterocycles. The minimum atomic E-state index is -3.37. The van der Waals surface area contributed by atoms with E-state index in [0.29, 0.717) is 18.9 Å². The van der Waals surface area contributed by atoms with Crippen molar-refractivity contribution in [3.63, 3.8) is 0 Å². The van der Waals surface area contributed by atoms with Crippen LogP contribution >= 0.6 is 0 Å². The van der Waals surface area contributed by atoms with Crippen molar-refractivity contribution < 1.29 is 13.2 Å². The summed E-state index contributed by atoms with van der Waals surface area (Å²) in [5, 5.41) is 0. The number of carbonyl (C=O) groups is 1. The Morgan fingerprint density at radius 2 is 1.78 bits per heavy atom.